The van der Waals surface area contributed by atoms with Crippen molar-refractivity contribution in [3.05, 3.63) is 46.6 Å². The summed E-state index contributed by atoms with van der Waals surface area (Å²) in [7, 11) is 0. The van der Waals surface area contributed by atoms with Crippen LogP contribution in [0.4, 0.5) is 0 Å². The van der Waals surface area contributed by atoms with E-state index in [0.29, 0.717) is 0 Å². The molecule has 2 N–H and O–H groups in total. The molecule has 0 amide bonds. The first-order chi connectivity index (χ1) is 10.5. The van der Waals surface area contributed by atoms with Crippen molar-refractivity contribution in [1.82, 2.24) is 0 Å². The Morgan fingerprint density at radius 2 is 1.23 bits per heavy atom. The molecule has 0 aliphatic carbocycles. The van der Waals surface area contributed by atoms with Gasteiger partial charge in [0.2, 0.25) is 0 Å². The maximum Gasteiger partial charge on any atom is 0.0641 e. The van der Waals surface area contributed by atoms with E-state index in [-0.39, 0.29) is 13.2 Å². The molecule has 0 saturated carbocycles. The molecule has 0 heterocycles. The molecule has 0 fully saturated rings. The summed E-state index contributed by atoms with van der Waals surface area (Å²) in [6.45, 7) is 8.74. The fraction of sp³-hybridized carbons (Fsp3) is 0.600. The highest BCUT2D eigenvalue weighted by molar-refractivity contribution is 5.08. The standard InChI is InChI=1S/C20H34O2/c1-17(2)8-5-12-20(16-22)13-7-11-18(3)9-6-10-19(4)14-15-21/h8-9,13-14,21-22H,5-7,10-12,15-16H2,1-4H3/b18-9+,19-14+,20-13+. The van der Waals surface area contributed by atoms with Gasteiger partial charge < -0.3 is 10.2 Å². The first-order valence-electron chi connectivity index (χ1n) is 8.33. The van der Waals surface area contributed by atoms with Gasteiger partial charge in [-0.1, -0.05) is 41.0 Å². The van der Waals surface area contributed by atoms with Crippen LogP contribution in [0.5, 0.6) is 0 Å². The maximum absolute atomic E-state index is 9.38. The third-order valence-electron chi connectivity index (χ3n) is 3.66. The van der Waals surface area contributed by atoms with Crippen molar-refractivity contribution in [2.24, 2.45) is 0 Å². The van der Waals surface area contributed by atoms with Gasteiger partial charge >= 0.3 is 0 Å². The van der Waals surface area contributed by atoms with Crippen molar-refractivity contribution in [2.75, 3.05) is 13.2 Å². The summed E-state index contributed by atoms with van der Waals surface area (Å²) in [4.78, 5) is 0. The second-order valence-corrected chi connectivity index (χ2v) is 6.20. The van der Waals surface area contributed by atoms with Crippen molar-refractivity contribution in [2.45, 2.75) is 66.2 Å². The molecule has 2 heteroatoms. The minimum Gasteiger partial charge on any atom is -0.392 e. The zero-order valence-electron chi connectivity index (χ0n) is 14.9. The lowest BCUT2D eigenvalue weighted by Gasteiger charge is -2.04. The molecule has 22 heavy (non-hydrogen) atoms. The van der Waals surface area contributed by atoms with Gasteiger partial charge in [0.25, 0.3) is 0 Å². The molecule has 0 unspecified atom stereocenters. The van der Waals surface area contributed by atoms with Crippen LogP contribution in [0, 0.1) is 0 Å². The van der Waals surface area contributed by atoms with Gasteiger partial charge in [-0.15, -0.1) is 0 Å². The summed E-state index contributed by atoms with van der Waals surface area (Å²) in [5, 5.41) is 18.2. The third-order valence-corrected chi connectivity index (χ3v) is 3.66. The van der Waals surface area contributed by atoms with Crippen LogP contribution in [0.15, 0.2) is 46.6 Å². The topological polar surface area (TPSA) is 40.5 Å². The van der Waals surface area contributed by atoms with Gasteiger partial charge in [-0.25, -0.2) is 0 Å². The molecule has 0 rings (SSSR count). The Labute approximate surface area is 137 Å². The fourth-order valence-corrected chi connectivity index (χ4v) is 2.20. The van der Waals surface area contributed by atoms with Crippen molar-refractivity contribution in [3.8, 4) is 0 Å². The Balaban J connectivity index is 4.10. The molecule has 0 aromatic rings. The van der Waals surface area contributed by atoms with Crippen LogP contribution >= 0.6 is 0 Å². The lowest BCUT2D eigenvalue weighted by Crippen LogP contribution is -1.91. The van der Waals surface area contributed by atoms with Gasteiger partial charge in [0.1, 0.15) is 0 Å². The molecule has 2 nitrogen and oxygen atoms in total. The number of hydrogen-bond donors (Lipinski definition) is 2. The zero-order chi connectivity index (χ0) is 16.8. The van der Waals surface area contributed by atoms with Crippen molar-refractivity contribution in [3.63, 3.8) is 0 Å². The zero-order valence-corrected chi connectivity index (χ0v) is 14.9. The van der Waals surface area contributed by atoms with Gasteiger partial charge in [-0.05, 0) is 71.8 Å². The maximum atomic E-state index is 9.38. The highest BCUT2D eigenvalue weighted by Crippen LogP contribution is 2.13. The SMILES string of the molecule is CC(C)=CCC/C(=C\CC/C(C)=C/CC/C(C)=C/CO)CO. The van der Waals surface area contributed by atoms with Crippen molar-refractivity contribution < 1.29 is 10.2 Å². The molecule has 0 saturated heterocycles. The Morgan fingerprint density at radius 3 is 1.77 bits per heavy atom. The Morgan fingerprint density at radius 1 is 0.682 bits per heavy atom. The van der Waals surface area contributed by atoms with Crippen LogP contribution in [0.1, 0.15) is 66.2 Å². The van der Waals surface area contributed by atoms with Crippen LogP contribution in [-0.4, -0.2) is 23.4 Å². The number of aliphatic hydroxyl groups is 2. The molecule has 0 aromatic heterocycles. The Bertz CT molecular complexity index is 407. The van der Waals surface area contributed by atoms with Crippen LogP contribution < -0.4 is 0 Å². The second kappa shape index (κ2) is 13.5. The average molecular weight is 306 g/mol. The highest BCUT2D eigenvalue weighted by atomic mass is 16.3. The van der Waals surface area contributed by atoms with E-state index in [1.165, 1.54) is 16.7 Å². The number of allylic oxidation sites excluding steroid dienone is 6. The summed E-state index contributed by atoms with van der Waals surface area (Å²) < 4.78 is 0. The van der Waals surface area contributed by atoms with Gasteiger partial charge in [0, 0.05) is 0 Å². The largest absolute Gasteiger partial charge is 0.392 e. The minimum absolute atomic E-state index is 0.135. The van der Waals surface area contributed by atoms with Crippen LogP contribution in [0.2, 0.25) is 0 Å². The van der Waals surface area contributed by atoms with E-state index in [0.717, 1.165) is 44.1 Å². The molecule has 0 aliphatic heterocycles. The van der Waals surface area contributed by atoms with Gasteiger partial charge in [0.05, 0.1) is 13.2 Å². The van der Waals surface area contributed by atoms with Gasteiger partial charge in [-0.3, -0.25) is 0 Å². The predicted octanol–water partition coefficient (Wildman–Crippen LogP) is 5.10. The normalized spacial score (nSPS) is 13.5. The van der Waals surface area contributed by atoms with Crippen LogP contribution in [-0.2, 0) is 0 Å². The third kappa shape index (κ3) is 12.6. The number of rotatable bonds is 11. The molecule has 0 aliphatic rings. The minimum atomic E-state index is 0.135. The smallest absolute Gasteiger partial charge is 0.0641 e. The molecule has 126 valence electrons. The fourth-order valence-electron chi connectivity index (χ4n) is 2.20. The van der Waals surface area contributed by atoms with E-state index in [4.69, 9.17) is 5.11 Å². The Hall–Kier alpha value is -1.12. The van der Waals surface area contributed by atoms with E-state index in [9.17, 15) is 5.11 Å². The Kier molecular flexibility index (Phi) is 12.8. The number of aliphatic hydroxyl groups excluding tert-OH is 2. The average Bonchev–Trinajstić information content (AvgIpc) is 2.45. The summed E-state index contributed by atoms with van der Waals surface area (Å²) in [5.41, 5.74) is 5.12. The monoisotopic (exact) mass is 306 g/mol. The molecule has 0 atom stereocenters. The van der Waals surface area contributed by atoms with Crippen LogP contribution in [0.3, 0.4) is 0 Å². The molecular weight excluding hydrogens is 272 g/mol. The van der Waals surface area contributed by atoms with E-state index in [1.807, 2.05) is 6.08 Å². The van der Waals surface area contributed by atoms with Gasteiger partial charge in [0.15, 0.2) is 0 Å². The molecule has 0 spiro atoms. The second-order valence-electron chi connectivity index (χ2n) is 6.20. The lowest BCUT2D eigenvalue weighted by atomic mass is 10.0. The molecule has 0 bridgehead atoms. The summed E-state index contributed by atoms with van der Waals surface area (Å²) in [6.07, 6.45) is 14.6. The van der Waals surface area contributed by atoms with E-state index in [2.05, 4.69) is 45.9 Å². The molecular formula is C20H34O2. The quantitative estimate of drug-likeness (QED) is 0.522. The summed E-state index contributed by atoms with van der Waals surface area (Å²) >= 11 is 0. The van der Waals surface area contributed by atoms with Crippen molar-refractivity contribution >= 4 is 0 Å². The van der Waals surface area contributed by atoms with Gasteiger partial charge in [-0.2, -0.15) is 0 Å². The predicted molar refractivity (Wildman–Crippen MR) is 96.9 cm³/mol. The lowest BCUT2D eigenvalue weighted by molar-refractivity contribution is 0.326. The van der Waals surface area contributed by atoms with Crippen LogP contribution in [0.25, 0.3) is 0 Å². The summed E-state index contributed by atoms with van der Waals surface area (Å²) in [5.74, 6) is 0. The highest BCUT2D eigenvalue weighted by Gasteiger charge is 1.96. The first-order valence-corrected chi connectivity index (χ1v) is 8.33. The van der Waals surface area contributed by atoms with E-state index in [1.54, 1.807) is 0 Å². The number of hydrogen-bond acceptors (Lipinski definition) is 2. The molecule has 0 radical (unpaired) electrons. The molecule has 0 aromatic carbocycles. The van der Waals surface area contributed by atoms with E-state index < -0.39 is 0 Å². The van der Waals surface area contributed by atoms with Crippen molar-refractivity contribution in [1.29, 1.82) is 0 Å². The summed E-state index contributed by atoms with van der Waals surface area (Å²) in [6, 6.07) is 0. The van der Waals surface area contributed by atoms with E-state index >= 15 is 0 Å². The first kappa shape index (κ1) is 20.9.